The molecule has 186 valence electrons. The molecule has 2 aromatic rings. The second-order valence-corrected chi connectivity index (χ2v) is 8.83. The molecule has 3 heterocycles. The molecule has 1 amide bonds. The van der Waals surface area contributed by atoms with E-state index in [1.807, 2.05) is 0 Å². The Labute approximate surface area is 204 Å². The van der Waals surface area contributed by atoms with Crippen LogP contribution in [0.2, 0.25) is 5.02 Å². The van der Waals surface area contributed by atoms with Crippen molar-refractivity contribution in [2.45, 2.75) is 30.2 Å². The van der Waals surface area contributed by atoms with Crippen LogP contribution >= 0.6 is 23.8 Å². The lowest BCUT2D eigenvalue weighted by Crippen LogP contribution is -2.44. The van der Waals surface area contributed by atoms with Crippen LogP contribution in [-0.2, 0) is 21.2 Å². The fraction of sp³-hybridized carbons (Fsp3) is 0.333. The number of hydrogen-bond donors (Lipinski definition) is 2. The molecule has 2 N–H and O–H groups in total. The zero-order valence-corrected chi connectivity index (χ0v) is 19.0. The van der Waals surface area contributed by atoms with E-state index in [2.05, 4.69) is 20.8 Å². The molecule has 0 radical (unpaired) electrons. The number of benzene rings is 1. The number of thiocarbonyl (C=S) groups is 1. The fourth-order valence-electron chi connectivity index (χ4n) is 3.78. The number of aliphatic imine (C=N–C) groups is 1. The topological polar surface area (TPSA) is 75.6 Å². The summed E-state index contributed by atoms with van der Waals surface area (Å²) in [5.74, 6) is -0.414. The minimum atomic E-state index is -4.91. The Bertz CT molecular complexity index is 1200. The first-order valence-corrected chi connectivity index (χ1v) is 10.8. The predicted octanol–water partition coefficient (Wildman–Crippen LogP) is 4.14. The normalized spacial score (nSPS) is 22.7. The van der Waals surface area contributed by atoms with Gasteiger partial charge in [-0.3, -0.25) is 19.6 Å². The van der Waals surface area contributed by atoms with Crippen molar-refractivity contribution in [2.75, 3.05) is 13.2 Å². The maximum atomic E-state index is 14.3. The van der Waals surface area contributed by atoms with E-state index in [1.165, 1.54) is 18.3 Å². The Morgan fingerprint density at radius 1 is 1.20 bits per heavy atom. The van der Waals surface area contributed by atoms with Crippen LogP contribution in [0.15, 0.2) is 41.5 Å². The van der Waals surface area contributed by atoms with Gasteiger partial charge in [-0.1, -0.05) is 23.8 Å². The second-order valence-electron chi connectivity index (χ2n) is 7.98. The number of carbonyl (C=O) groups excluding carboxylic acids is 1. The van der Waals surface area contributed by atoms with Gasteiger partial charge in [-0.15, -0.1) is 0 Å². The van der Waals surface area contributed by atoms with Gasteiger partial charge in [-0.25, -0.2) is 5.48 Å². The molecule has 1 aromatic heterocycles. The van der Waals surface area contributed by atoms with Gasteiger partial charge in [-0.05, 0) is 35.9 Å². The molecule has 0 saturated carbocycles. The maximum absolute atomic E-state index is 14.3. The van der Waals surface area contributed by atoms with Crippen LogP contribution < -0.4 is 10.8 Å². The van der Waals surface area contributed by atoms with Gasteiger partial charge in [0.2, 0.25) is 0 Å². The van der Waals surface area contributed by atoms with E-state index >= 15 is 0 Å². The Morgan fingerprint density at radius 3 is 2.51 bits per heavy atom. The van der Waals surface area contributed by atoms with Crippen LogP contribution in [-0.4, -0.2) is 47.0 Å². The summed E-state index contributed by atoms with van der Waals surface area (Å²) in [6.07, 6.45) is -9.21. The number of aromatic nitrogens is 1. The van der Waals surface area contributed by atoms with E-state index in [0.717, 1.165) is 6.07 Å². The molecule has 0 spiro atoms. The summed E-state index contributed by atoms with van der Waals surface area (Å²) in [6, 6.07) is 4.10. The number of alkyl halides is 6. The summed E-state index contributed by atoms with van der Waals surface area (Å²) in [7, 11) is 0. The van der Waals surface area contributed by atoms with Gasteiger partial charge in [0.05, 0.1) is 17.8 Å². The summed E-state index contributed by atoms with van der Waals surface area (Å²) in [6.45, 7) is -0.755. The fourth-order valence-corrected chi connectivity index (χ4v) is 4.28. The van der Waals surface area contributed by atoms with Gasteiger partial charge in [-0.2, -0.15) is 26.3 Å². The first-order valence-electron chi connectivity index (χ1n) is 9.97. The summed E-state index contributed by atoms with van der Waals surface area (Å²) in [5.41, 5.74) is -1.87. The highest BCUT2D eigenvalue weighted by atomic mass is 35.5. The van der Waals surface area contributed by atoms with Crippen LogP contribution in [0.4, 0.5) is 26.3 Å². The van der Waals surface area contributed by atoms with Gasteiger partial charge >= 0.3 is 12.4 Å². The van der Waals surface area contributed by atoms with Crippen molar-refractivity contribution in [1.29, 1.82) is 0 Å². The molecule has 1 saturated heterocycles. The molecule has 35 heavy (non-hydrogen) atoms. The molecule has 1 aromatic carbocycles. The van der Waals surface area contributed by atoms with Crippen molar-refractivity contribution in [3.8, 4) is 0 Å². The van der Waals surface area contributed by atoms with Gasteiger partial charge in [0.1, 0.15) is 23.1 Å². The molecule has 2 aliphatic heterocycles. The van der Waals surface area contributed by atoms with Gasteiger partial charge < -0.3 is 5.32 Å². The lowest BCUT2D eigenvalue weighted by atomic mass is 9.76. The van der Waals surface area contributed by atoms with E-state index in [9.17, 15) is 31.1 Å². The number of pyridine rings is 1. The van der Waals surface area contributed by atoms with E-state index in [4.69, 9.17) is 28.7 Å². The first-order chi connectivity index (χ1) is 16.3. The molecular formula is C21H15ClF6N4O2S. The highest BCUT2D eigenvalue weighted by Gasteiger charge is 2.59. The standard InChI is InChI=1S/C21H15ClF6N4O2S/c22-13-4-11(3-12(5-13)20(23,24)25)19(21(26,27)28)6-15(30-9-19)10-1-2-14(29-7-10)18(35)31-16-8-34-32-17(16)33/h1-5,7,16H,6,8-9H2,(H,31,35)(H,32,33). The van der Waals surface area contributed by atoms with Crippen LogP contribution in [0.25, 0.3) is 0 Å². The van der Waals surface area contributed by atoms with E-state index < -0.39 is 58.8 Å². The van der Waals surface area contributed by atoms with Crippen molar-refractivity contribution in [3.05, 3.63) is 63.9 Å². The van der Waals surface area contributed by atoms with E-state index in [1.54, 1.807) is 0 Å². The number of nitrogens with one attached hydrogen (secondary N) is 2. The monoisotopic (exact) mass is 536 g/mol. The Hall–Kier alpha value is -2.77. The van der Waals surface area contributed by atoms with Gasteiger partial charge in [0.15, 0.2) is 0 Å². The van der Waals surface area contributed by atoms with Crippen molar-refractivity contribution < 1.29 is 36.0 Å². The van der Waals surface area contributed by atoms with Crippen LogP contribution in [0.3, 0.4) is 0 Å². The molecule has 1 fully saturated rings. The Kier molecular flexibility index (Phi) is 6.53. The largest absolute Gasteiger partial charge is 0.416 e. The molecule has 6 nitrogen and oxygen atoms in total. The van der Waals surface area contributed by atoms with Gasteiger partial charge in [0, 0.05) is 28.9 Å². The number of halogens is 7. The van der Waals surface area contributed by atoms with Crippen LogP contribution in [0, 0.1) is 0 Å². The smallest absolute Gasteiger partial charge is 0.361 e. The third-order valence-electron chi connectivity index (χ3n) is 5.70. The molecule has 4 rings (SSSR count). The average Bonchev–Trinajstić information content (AvgIpc) is 3.40. The Morgan fingerprint density at radius 2 is 1.94 bits per heavy atom. The first kappa shape index (κ1) is 25.3. The molecular weight excluding hydrogens is 522 g/mol. The number of carbonyl (C=O) groups is 1. The third kappa shape index (κ3) is 4.98. The third-order valence-corrected chi connectivity index (χ3v) is 6.25. The highest BCUT2D eigenvalue weighted by Crippen LogP contribution is 2.49. The highest BCUT2D eigenvalue weighted by molar-refractivity contribution is 7.80. The van der Waals surface area contributed by atoms with E-state index in [0.29, 0.717) is 12.1 Å². The van der Waals surface area contributed by atoms with Crippen LogP contribution in [0.1, 0.15) is 28.8 Å². The molecule has 0 bridgehead atoms. The average molecular weight is 537 g/mol. The number of hydroxylamine groups is 1. The molecule has 2 atom stereocenters. The van der Waals surface area contributed by atoms with Crippen molar-refractivity contribution in [1.82, 2.24) is 15.8 Å². The second kappa shape index (κ2) is 9.03. The maximum Gasteiger partial charge on any atom is 0.416 e. The Balaban J connectivity index is 1.58. The summed E-state index contributed by atoms with van der Waals surface area (Å²) >= 11 is 11.0. The quantitative estimate of drug-likeness (QED) is 0.454. The summed E-state index contributed by atoms with van der Waals surface area (Å²) < 4.78 is 82.5. The summed E-state index contributed by atoms with van der Waals surface area (Å²) in [5, 5.41) is 2.30. The lowest BCUT2D eigenvalue weighted by molar-refractivity contribution is -0.184. The molecule has 0 aliphatic carbocycles. The number of hydrogen-bond acceptors (Lipinski definition) is 5. The number of nitrogens with zero attached hydrogens (tertiary/aromatic N) is 2. The van der Waals surface area contributed by atoms with Gasteiger partial charge in [0.25, 0.3) is 5.91 Å². The lowest BCUT2D eigenvalue weighted by Gasteiger charge is -2.32. The SMILES string of the molecule is O=C1NOCC1NC(=S)c1ccc(C2=NCC(c3cc(Cl)cc(C(F)(F)F)c3)(C(F)(F)F)C2)cn1. The minimum absolute atomic E-state index is 0.0253. The minimum Gasteiger partial charge on any atom is -0.361 e. The van der Waals surface area contributed by atoms with E-state index in [-0.39, 0.29) is 28.6 Å². The summed E-state index contributed by atoms with van der Waals surface area (Å²) in [4.78, 5) is 24.6. The zero-order valence-electron chi connectivity index (χ0n) is 17.4. The molecule has 2 unspecified atom stereocenters. The molecule has 14 heteroatoms. The van der Waals surface area contributed by atoms with Crippen molar-refractivity contribution in [2.24, 2.45) is 4.99 Å². The number of amides is 1. The molecule has 2 aliphatic rings. The number of rotatable bonds is 4. The zero-order chi connectivity index (χ0) is 25.6. The van der Waals surface area contributed by atoms with Crippen molar-refractivity contribution >= 4 is 40.4 Å². The van der Waals surface area contributed by atoms with Crippen molar-refractivity contribution in [3.63, 3.8) is 0 Å². The van der Waals surface area contributed by atoms with Crippen LogP contribution in [0.5, 0.6) is 0 Å². The predicted molar refractivity (Wildman–Crippen MR) is 117 cm³/mol.